The number of ether oxygens (including phenoxy) is 4. The van der Waals surface area contributed by atoms with E-state index in [0.717, 1.165) is 0 Å². The number of carbonyl (C=O) groups is 6. The molecule has 0 rings (SSSR count). The molecule has 0 atom stereocenters. The number of hydrogen-bond donors (Lipinski definition) is 0. The summed E-state index contributed by atoms with van der Waals surface area (Å²) >= 11 is 0. The van der Waals surface area contributed by atoms with Gasteiger partial charge in [0.2, 0.25) is 0 Å². The van der Waals surface area contributed by atoms with Gasteiger partial charge in [0.25, 0.3) is 0 Å². The summed E-state index contributed by atoms with van der Waals surface area (Å²) in [6.45, 7) is 8.18. The van der Waals surface area contributed by atoms with Gasteiger partial charge in [-0.1, -0.05) is 7.43 Å². The van der Waals surface area contributed by atoms with Crippen LogP contribution in [0.3, 0.4) is 0 Å². The molecule has 0 heterocycles. The summed E-state index contributed by atoms with van der Waals surface area (Å²) in [4.78, 5) is 62.6. The first-order chi connectivity index (χ1) is 14.0. The molecule has 0 aromatic carbocycles. The first-order valence-corrected chi connectivity index (χ1v) is 9.02. The molecule has 11 heteroatoms. The molecule has 178 valence electrons. The van der Waals surface area contributed by atoms with Crippen LogP contribution in [0.5, 0.6) is 0 Å². The van der Waals surface area contributed by atoms with Crippen LogP contribution in [0.1, 0.15) is 61.3 Å². The predicted octanol–water partition coefficient (Wildman–Crippen LogP) is 1.70. The fourth-order valence-electron chi connectivity index (χ4n) is 1.29. The number of Topliss-reactive ketones (excluding diaryl/α,β-unsaturated/α-hetero) is 2. The van der Waals surface area contributed by atoms with Crippen molar-refractivity contribution in [2.24, 2.45) is 0 Å². The highest BCUT2D eigenvalue weighted by Gasteiger charge is 2.09. The molecule has 31 heavy (non-hydrogen) atoms. The topological polar surface area (TPSA) is 163 Å². The lowest BCUT2D eigenvalue weighted by Gasteiger charge is -2.02. The van der Waals surface area contributed by atoms with Crippen LogP contribution < -0.4 is 0 Å². The standard InChI is InChI=1S/C8H12O5.C6H10O3.C5H7NO2.CH4/c1-3-12-8(11)5-13-7(10)4-6(2)9;1-3-9-6(8)4-5(2)7;1-2-8-5(7)3-4-6;/h3-5H2,1-2H3;3-4H2,1-2H3;2-3H2,1H3;1H4. The zero-order valence-corrected chi connectivity index (χ0v) is 18.0. The van der Waals surface area contributed by atoms with Crippen molar-refractivity contribution in [2.75, 3.05) is 26.4 Å². The molecule has 0 unspecified atom stereocenters. The van der Waals surface area contributed by atoms with E-state index in [2.05, 4.69) is 18.9 Å². The third-order valence-electron chi connectivity index (χ3n) is 2.28. The predicted molar refractivity (Wildman–Crippen MR) is 108 cm³/mol. The monoisotopic (exact) mass is 447 g/mol. The van der Waals surface area contributed by atoms with Crippen molar-refractivity contribution >= 4 is 35.4 Å². The lowest BCUT2D eigenvalue weighted by Crippen LogP contribution is -2.17. The molecular weight excluding hydrogens is 414 g/mol. The molecule has 0 aromatic heterocycles. The zero-order chi connectivity index (χ0) is 23.9. The van der Waals surface area contributed by atoms with E-state index < -0.39 is 30.5 Å². The van der Waals surface area contributed by atoms with Crippen molar-refractivity contribution < 1.29 is 47.7 Å². The zero-order valence-electron chi connectivity index (χ0n) is 18.0. The highest BCUT2D eigenvalue weighted by Crippen LogP contribution is 1.89. The van der Waals surface area contributed by atoms with E-state index in [9.17, 15) is 28.8 Å². The largest absolute Gasteiger partial charge is 0.466 e. The first kappa shape index (κ1) is 35.2. The van der Waals surface area contributed by atoms with E-state index >= 15 is 0 Å². The number of hydrogen-bond acceptors (Lipinski definition) is 11. The van der Waals surface area contributed by atoms with Crippen LogP contribution in [0, 0.1) is 11.3 Å². The summed E-state index contributed by atoms with van der Waals surface area (Å²) in [5.74, 6) is -2.66. The van der Waals surface area contributed by atoms with Gasteiger partial charge in [-0.2, -0.15) is 5.26 Å². The molecule has 11 nitrogen and oxygen atoms in total. The molecule has 0 N–H and O–H groups in total. The van der Waals surface area contributed by atoms with E-state index in [4.69, 9.17) is 5.26 Å². The molecule has 0 saturated heterocycles. The minimum Gasteiger partial charge on any atom is -0.466 e. The van der Waals surface area contributed by atoms with Crippen LogP contribution >= 0.6 is 0 Å². The summed E-state index contributed by atoms with van der Waals surface area (Å²) < 4.78 is 17.8. The molecule has 0 bridgehead atoms. The highest BCUT2D eigenvalue weighted by molar-refractivity contribution is 5.94. The van der Waals surface area contributed by atoms with Crippen molar-refractivity contribution in [2.45, 2.75) is 61.3 Å². The Labute approximate surface area is 183 Å². The average molecular weight is 447 g/mol. The summed E-state index contributed by atoms with van der Waals surface area (Å²) in [6, 6.07) is 1.68. The minimum atomic E-state index is -0.708. The molecule has 0 fully saturated rings. The van der Waals surface area contributed by atoms with Crippen molar-refractivity contribution in [1.29, 1.82) is 5.26 Å². The Kier molecular flexibility index (Phi) is 28.1. The van der Waals surface area contributed by atoms with Gasteiger partial charge >= 0.3 is 23.9 Å². The third kappa shape index (κ3) is 34.6. The molecule has 0 aliphatic carbocycles. The lowest BCUT2D eigenvalue weighted by atomic mass is 10.3. The van der Waals surface area contributed by atoms with Crippen molar-refractivity contribution in [1.82, 2.24) is 0 Å². The summed E-state index contributed by atoms with van der Waals surface area (Å²) in [7, 11) is 0. The van der Waals surface area contributed by atoms with Gasteiger partial charge in [0.1, 0.15) is 30.8 Å². The first-order valence-electron chi connectivity index (χ1n) is 9.02. The van der Waals surface area contributed by atoms with Crippen LogP contribution in [-0.2, 0) is 47.7 Å². The SMILES string of the molecule is C.CCOC(=O)CC#N.CCOC(=O)CC(C)=O.CCOC(=O)COC(=O)CC(C)=O. The third-order valence-corrected chi connectivity index (χ3v) is 2.28. The van der Waals surface area contributed by atoms with Crippen molar-refractivity contribution in [3.8, 4) is 6.07 Å². The van der Waals surface area contributed by atoms with E-state index in [0.29, 0.717) is 13.2 Å². The number of nitrogens with zero attached hydrogens (tertiary/aromatic N) is 1. The second kappa shape index (κ2) is 24.7. The molecule has 0 amide bonds. The van der Waals surface area contributed by atoms with Gasteiger partial charge in [0.05, 0.1) is 25.9 Å². The normalized spacial score (nSPS) is 8.26. The Bertz CT molecular complexity index is 608. The molecule has 0 aromatic rings. The molecular formula is C20H33NO10. The quantitative estimate of drug-likeness (QED) is 0.272. The van der Waals surface area contributed by atoms with Crippen LogP contribution in [0.25, 0.3) is 0 Å². The van der Waals surface area contributed by atoms with Crippen molar-refractivity contribution in [3.05, 3.63) is 0 Å². The minimum absolute atomic E-state index is 0. The molecule has 0 spiro atoms. The van der Waals surface area contributed by atoms with Crippen LogP contribution in [-0.4, -0.2) is 61.9 Å². The van der Waals surface area contributed by atoms with Gasteiger partial charge in [0, 0.05) is 0 Å². The Balaban J connectivity index is -0.000000180. The maximum Gasteiger partial charge on any atom is 0.344 e. The summed E-state index contributed by atoms with van der Waals surface area (Å²) in [6.07, 6.45) is -0.554. The van der Waals surface area contributed by atoms with Crippen LogP contribution in [0.15, 0.2) is 0 Å². The smallest absolute Gasteiger partial charge is 0.344 e. The lowest BCUT2D eigenvalue weighted by molar-refractivity contribution is -0.159. The number of rotatable bonds is 10. The number of ketones is 2. The molecule has 0 aliphatic rings. The van der Waals surface area contributed by atoms with Gasteiger partial charge in [-0.15, -0.1) is 0 Å². The van der Waals surface area contributed by atoms with E-state index in [1.165, 1.54) is 13.8 Å². The number of esters is 4. The van der Waals surface area contributed by atoms with Gasteiger partial charge in [0.15, 0.2) is 6.61 Å². The Hall–Kier alpha value is -3.29. The van der Waals surface area contributed by atoms with E-state index in [-0.39, 0.29) is 44.9 Å². The van der Waals surface area contributed by atoms with Crippen molar-refractivity contribution in [3.63, 3.8) is 0 Å². The molecule has 0 aliphatic heterocycles. The van der Waals surface area contributed by atoms with Crippen LogP contribution in [0.2, 0.25) is 0 Å². The van der Waals surface area contributed by atoms with E-state index in [1.54, 1.807) is 26.8 Å². The highest BCUT2D eigenvalue weighted by atomic mass is 16.6. The Morgan fingerprint density at radius 2 is 1.00 bits per heavy atom. The summed E-state index contributed by atoms with van der Waals surface area (Å²) in [5.41, 5.74) is 0. The molecule has 0 saturated carbocycles. The Morgan fingerprint density at radius 1 is 0.645 bits per heavy atom. The Morgan fingerprint density at radius 3 is 1.35 bits per heavy atom. The van der Waals surface area contributed by atoms with Gasteiger partial charge in [-0.25, -0.2) is 4.79 Å². The summed E-state index contributed by atoms with van der Waals surface area (Å²) in [5, 5.41) is 7.91. The number of carbonyl (C=O) groups excluding carboxylic acids is 6. The fourth-order valence-corrected chi connectivity index (χ4v) is 1.29. The van der Waals surface area contributed by atoms with Gasteiger partial charge < -0.3 is 18.9 Å². The van der Waals surface area contributed by atoms with E-state index in [1.807, 2.05) is 0 Å². The van der Waals surface area contributed by atoms with Gasteiger partial charge in [-0.3, -0.25) is 24.0 Å². The maximum absolute atomic E-state index is 10.7. The second-order valence-electron chi connectivity index (χ2n) is 5.17. The maximum atomic E-state index is 10.7. The molecule has 0 radical (unpaired) electrons. The average Bonchev–Trinajstić information content (AvgIpc) is 2.61. The second-order valence-corrected chi connectivity index (χ2v) is 5.17. The van der Waals surface area contributed by atoms with Gasteiger partial charge in [-0.05, 0) is 34.6 Å². The fraction of sp³-hybridized carbons (Fsp3) is 0.650. The number of nitriles is 1. The van der Waals surface area contributed by atoms with Crippen LogP contribution in [0.4, 0.5) is 0 Å².